The van der Waals surface area contributed by atoms with E-state index in [4.69, 9.17) is 9.78 Å². The van der Waals surface area contributed by atoms with E-state index < -0.39 is 11.7 Å². The summed E-state index contributed by atoms with van der Waals surface area (Å²) in [5.41, 5.74) is 2.50. The molecule has 0 unspecified atom stereocenters. The number of hydrogen-bond acceptors (Lipinski definition) is 5. The van der Waals surface area contributed by atoms with Gasteiger partial charge in [-0.2, -0.15) is 4.89 Å². The van der Waals surface area contributed by atoms with Gasteiger partial charge in [-0.25, -0.2) is 4.79 Å². The number of phenols is 2. The van der Waals surface area contributed by atoms with Crippen molar-refractivity contribution in [2.75, 3.05) is 6.61 Å². The smallest absolute Gasteiger partial charge is 0.377 e. The first-order valence-corrected chi connectivity index (χ1v) is 8.95. The van der Waals surface area contributed by atoms with E-state index in [-0.39, 0.29) is 17.9 Å². The van der Waals surface area contributed by atoms with Crippen molar-refractivity contribution in [3.05, 3.63) is 22.3 Å². The van der Waals surface area contributed by atoms with Crippen molar-refractivity contribution < 1.29 is 24.8 Å². The molecule has 2 N–H and O–H groups in total. The Hall–Kier alpha value is -1.75. The van der Waals surface area contributed by atoms with Crippen LogP contribution in [0, 0.1) is 0 Å². The highest BCUT2D eigenvalue weighted by Crippen LogP contribution is 2.41. The maximum atomic E-state index is 12.4. The Morgan fingerprint density at radius 3 is 1.88 bits per heavy atom. The van der Waals surface area contributed by atoms with Crippen LogP contribution < -0.4 is 0 Å². The third kappa shape index (κ3) is 4.63. The van der Waals surface area contributed by atoms with Crippen LogP contribution in [0.4, 0.5) is 0 Å². The molecule has 0 saturated heterocycles. The minimum absolute atomic E-state index is 0.0359. The van der Waals surface area contributed by atoms with Crippen molar-refractivity contribution in [2.24, 2.45) is 0 Å². The molecule has 1 rings (SSSR count). The second-order valence-corrected chi connectivity index (χ2v) is 5.95. The van der Waals surface area contributed by atoms with E-state index in [9.17, 15) is 15.0 Å². The van der Waals surface area contributed by atoms with Crippen LogP contribution in [-0.4, -0.2) is 22.8 Å². The Morgan fingerprint density at radius 1 is 0.792 bits per heavy atom. The van der Waals surface area contributed by atoms with Crippen molar-refractivity contribution in [3.8, 4) is 11.5 Å². The second-order valence-electron chi connectivity index (χ2n) is 5.95. The molecule has 0 atom stereocenters. The van der Waals surface area contributed by atoms with Crippen molar-refractivity contribution in [1.82, 2.24) is 0 Å². The summed E-state index contributed by atoms with van der Waals surface area (Å²) in [5.74, 6) is -1.35. The van der Waals surface area contributed by atoms with E-state index in [1.165, 1.54) is 0 Å². The lowest BCUT2D eigenvalue weighted by molar-refractivity contribution is -0.240. The van der Waals surface area contributed by atoms with E-state index in [2.05, 4.69) is 6.92 Å². The summed E-state index contributed by atoms with van der Waals surface area (Å²) in [6.45, 7) is 8.28. The third-order valence-electron chi connectivity index (χ3n) is 3.90. The fourth-order valence-corrected chi connectivity index (χ4v) is 2.92. The number of benzene rings is 1. The molecule has 0 aliphatic heterocycles. The maximum absolute atomic E-state index is 12.4. The summed E-state index contributed by atoms with van der Waals surface area (Å²) < 4.78 is 0. The Kier molecular flexibility index (Phi) is 8.61. The first-order valence-electron chi connectivity index (χ1n) is 8.95. The van der Waals surface area contributed by atoms with Gasteiger partial charge >= 0.3 is 5.97 Å². The van der Waals surface area contributed by atoms with E-state index in [0.29, 0.717) is 19.3 Å². The quantitative estimate of drug-likeness (QED) is 0.285. The van der Waals surface area contributed by atoms with Gasteiger partial charge in [-0.3, -0.25) is 4.89 Å². The molecule has 0 aromatic heterocycles. The zero-order valence-electron chi connectivity index (χ0n) is 15.3. The van der Waals surface area contributed by atoms with Crippen molar-refractivity contribution >= 4 is 5.97 Å². The molecule has 0 amide bonds. The van der Waals surface area contributed by atoms with E-state index in [1.807, 2.05) is 20.8 Å². The van der Waals surface area contributed by atoms with Crippen molar-refractivity contribution in [2.45, 2.75) is 72.6 Å². The normalized spacial score (nSPS) is 10.8. The fourth-order valence-electron chi connectivity index (χ4n) is 2.92. The lowest BCUT2D eigenvalue weighted by atomic mass is 9.87. The van der Waals surface area contributed by atoms with Gasteiger partial charge in [0.2, 0.25) is 0 Å². The number of aromatic hydroxyl groups is 2. The lowest BCUT2D eigenvalue weighted by Gasteiger charge is -2.20. The molecule has 0 saturated carbocycles. The fraction of sp³-hybridized carbons (Fsp3) is 0.632. The van der Waals surface area contributed by atoms with Gasteiger partial charge in [0.05, 0.1) is 6.61 Å². The minimum atomic E-state index is -0.750. The van der Waals surface area contributed by atoms with E-state index in [1.54, 1.807) is 0 Å². The molecule has 0 aliphatic rings. The molecule has 1 aromatic rings. The average Bonchev–Trinajstić information content (AvgIpc) is 2.56. The summed E-state index contributed by atoms with van der Waals surface area (Å²) in [6, 6.07) is 0. The van der Waals surface area contributed by atoms with Crippen molar-refractivity contribution in [3.63, 3.8) is 0 Å². The second kappa shape index (κ2) is 10.2. The molecule has 0 radical (unpaired) electrons. The van der Waals surface area contributed by atoms with Crippen LogP contribution in [0.15, 0.2) is 0 Å². The predicted octanol–water partition coefficient (Wildman–Crippen LogP) is 4.45. The molecule has 136 valence electrons. The van der Waals surface area contributed by atoms with Gasteiger partial charge in [0.1, 0.15) is 5.56 Å². The van der Waals surface area contributed by atoms with Crippen LogP contribution in [0.2, 0.25) is 0 Å². The molecule has 5 nitrogen and oxygen atoms in total. The highest BCUT2D eigenvalue weighted by molar-refractivity contribution is 5.95. The maximum Gasteiger partial charge on any atom is 0.377 e. The number of rotatable bonds is 10. The molecule has 0 heterocycles. The minimum Gasteiger partial charge on any atom is -0.504 e. The number of hydrogen-bond donors (Lipinski definition) is 2. The van der Waals surface area contributed by atoms with Gasteiger partial charge in [0.25, 0.3) is 0 Å². The molecule has 0 spiro atoms. The zero-order chi connectivity index (χ0) is 18.1. The number of carbonyl (C=O) groups excluding carboxylic acids is 1. The monoisotopic (exact) mass is 338 g/mol. The van der Waals surface area contributed by atoms with E-state index in [0.717, 1.165) is 42.4 Å². The Bertz CT molecular complexity index is 551. The van der Waals surface area contributed by atoms with Gasteiger partial charge in [-0.05, 0) is 36.8 Å². The molecule has 0 bridgehead atoms. The number of phenolic OH excluding ortho intramolecular Hbond substituents is 2. The Labute approximate surface area is 144 Å². The summed E-state index contributed by atoms with van der Waals surface area (Å²) >= 11 is 0. The van der Waals surface area contributed by atoms with Gasteiger partial charge < -0.3 is 10.2 Å². The summed E-state index contributed by atoms with van der Waals surface area (Å²) in [7, 11) is 0. The Balaban J connectivity index is 3.46. The first-order chi connectivity index (χ1) is 11.5. The van der Waals surface area contributed by atoms with Gasteiger partial charge in [0, 0.05) is 5.56 Å². The van der Waals surface area contributed by atoms with Crippen molar-refractivity contribution in [1.29, 1.82) is 0 Å². The van der Waals surface area contributed by atoms with Gasteiger partial charge in [-0.1, -0.05) is 47.0 Å². The van der Waals surface area contributed by atoms with Crippen LogP contribution >= 0.6 is 0 Å². The molecular weight excluding hydrogens is 308 g/mol. The van der Waals surface area contributed by atoms with Crippen LogP contribution in [0.3, 0.4) is 0 Å². The molecule has 0 aliphatic carbocycles. The molecule has 0 fully saturated rings. The predicted molar refractivity (Wildman–Crippen MR) is 93.4 cm³/mol. The summed E-state index contributed by atoms with van der Waals surface area (Å²) in [4.78, 5) is 22.1. The molecule has 24 heavy (non-hydrogen) atoms. The lowest BCUT2D eigenvalue weighted by Crippen LogP contribution is -2.14. The molecule has 1 aromatic carbocycles. The molecule has 5 heteroatoms. The van der Waals surface area contributed by atoms with Crippen LogP contribution in [-0.2, 0) is 29.0 Å². The summed E-state index contributed by atoms with van der Waals surface area (Å²) in [5, 5.41) is 20.9. The molecular formula is C19H30O5. The first kappa shape index (κ1) is 20.3. The van der Waals surface area contributed by atoms with Crippen LogP contribution in [0.5, 0.6) is 11.5 Å². The van der Waals surface area contributed by atoms with Crippen LogP contribution in [0.25, 0.3) is 0 Å². The average molecular weight is 338 g/mol. The highest BCUT2D eigenvalue weighted by atomic mass is 17.2. The number of carbonyl (C=O) groups is 1. The topological polar surface area (TPSA) is 76.0 Å². The van der Waals surface area contributed by atoms with Gasteiger partial charge in [-0.15, -0.1) is 0 Å². The Morgan fingerprint density at radius 2 is 1.33 bits per heavy atom. The SMILES string of the molecule is CCCOOC(=O)c1c(O)c(O)c(CCC)c(CCC)c1CCC. The zero-order valence-corrected chi connectivity index (χ0v) is 15.3. The standard InChI is InChI=1S/C19H30O5/c1-5-9-13-14(10-6-2)16(19(22)24-23-12-8-4)18(21)17(20)15(13)11-7-3/h20-21H,5-12H2,1-4H3. The summed E-state index contributed by atoms with van der Waals surface area (Å²) in [6.07, 6.45) is 5.31. The van der Waals surface area contributed by atoms with Crippen LogP contribution in [0.1, 0.15) is 80.4 Å². The van der Waals surface area contributed by atoms with E-state index >= 15 is 0 Å². The van der Waals surface area contributed by atoms with Gasteiger partial charge in [0.15, 0.2) is 11.5 Å². The highest BCUT2D eigenvalue weighted by Gasteiger charge is 2.27. The largest absolute Gasteiger partial charge is 0.504 e. The third-order valence-corrected chi connectivity index (χ3v) is 3.90.